The molecule has 3 N–H and O–H groups in total. The number of hydrogen-bond donors (Lipinski definition) is 2. The Morgan fingerprint density at radius 1 is 1.47 bits per heavy atom. The highest BCUT2D eigenvalue weighted by atomic mass is 32.2. The monoisotopic (exact) mass is 294 g/mol. The lowest BCUT2D eigenvalue weighted by atomic mass is 10.2. The second-order valence-corrected chi connectivity index (χ2v) is 6.36. The lowest BCUT2D eigenvalue weighted by Gasteiger charge is -2.08. The van der Waals surface area contributed by atoms with Crippen LogP contribution in [-0.2, 0) is 16.6 Å². The fraction of sp³-hybridized carbons (Fsp3) is 0.0909. The van der Waals surface area contributed by atoms with Crippen LogP contribution in [0.5, 0.6) is 0 Å². The van der Waals surface area contributed by atoms with Crippen molar-refractivity contribution >= 4 is 27.0 Å². The maximum absolute atomic E-state index is 12.1. The molecule has 98 valence electrons. The van der Waals surface area contributed by atoms with Crippen molar-refractivity contribution in [2.75, 3.05) is 5.73 Å². The summed E-state index contributed by atoms with van der Waals surface area (Å²) < 4.78 is 26.6. The molecule has 0 unspecified atom stereocenters. The summed E-state index contributed by atoms with van der Waals surface area (Å²) >= 11 is 1.36. The van der Waals surface area contributed by atoms with Crippen molar-refractivity contribution in [1.82, 2.24) is 9.71 Å². The Morgan fingerprint density at radius 2 is 2.26 bits per heavy atom. The van der Waals surface area contributed by atoms with Gasteiger partial charge in [-0.15, -0.1) is 11.3 Å². The van der Waals surface area contributed by atoms with E-state index in [0.29, 0.717) is 5.56 Å². The third-order valence-electron chi connectivity index (χ3n) is 2.35. The van der Waals surface area contributed by atoms with Gasteiger partial charge in [0.2, 0.25) is 10.0 Å². The van der Waals surface area contributed by atoms with E-state index in [4.69, 9.17) is 11.0 Å². The molecule has 0 saturated carbocycles. The Bertz CT molecular complexity index is 718. The molecule has 0 aliphatic carbocycles. The lowest BCUT2D eigenvalue weighted by molar-refractivity contribution is 0.582. The number of benzene rings is 1. The first-order valence-electron chi connectivity index (χ1n) is 5.19. The van der Waals surface area contributed by atoms with Gasteiger partial charge >= 0.3 is 0 Å². The third kappa shape index (κ3) is 3.08. The first kappa shape index (κ1) is 13.5. The average molecular weight is 294 g/mol. The predicted molar refractivity (Wildman–Crippen MR) is 71.7 cm³/mol. The molecule has 1 aromatic carbocycles. The number of thiazole rings is 1. The Labute approximate surface area is 114 Å². The summed E-state index contributed by atoms with van der Waals surface area (Å²) in [5.41, 5.74) is 7.65. The summed E-state index contributed by atoms with van der Waals surface area (Å²) in [7, 11) is -3.70. The molecule has 0 fully saturated rings. The SMILES string of the molecule is N#Cc1ccc(S(=O)(=O)NCc2cncs2)c(N)c1. The summed E-state index contributed by atoms with van der Waals surface area (Å²) in [5, 5.41) is 8.71. The van der Waals surface area contributed by atoms with E-state index in [1.165, 1.54) is 29.5 Å². The van der Waals surface area contributed by atoms with Gasteiger partial charge < -0.3 is 5.73 Å². The Balaban J connectivity index is 2.22. The van der Waals surface area contributed by atoms with Gasteiger partial charge in [-0.2, -0.15) is 5.26 Å². The number of aromatic nitrogens is 1. The molecule has 8 heteroatoms. The van der Waals surface area contributed by atoms with Crippen LogP contribution in [0.15, 0.2) is 34.8 Å². The zero-order chi connectivity index (χ0) is 13.9. The molecule has 1 aromatic heterocycles. The Morgan fingerprint density at radius 3 is 2.84 bits per heavy atom. The molecule has 2 aromatic rings. The number of rotatable bonds is 4. The molecule has 0 atom stereocenters. The Hall–Kier alpha value is -1.95. The molecule has 0 saturated heterocycles. The first-order chi connectivity index (χ1) is 9.03. The number of anilines is 1. The zero-order valence-electron chi connectivity index (χ0n) is 9.70. The van der Waals surface area contributed by atoms with E-state index in [9.17, 15) is 8.42 Å². The zero-order valence-corrected chi connectivity index (χ0v) is 11.3. The van der Waals surface area contributed by atoms with Crippen molar-refractivity contribution in [3.63, 3.8) is 0 Å². The molecule has 1 heterocycles. The number of nitrogens with one attached hydrogen (secondary N) is 1. The van der Waals surface area contributed by atoms with Gasteiger partial charge in [-0.25, -0.2) is 13.1 Å². The van der Waals surface area contributed by atoms with E-state index in [0.717, 1.165) is 4.88 Å². The van der Waals surface area contributed by atoms with Crippen LogP contribution in [-0.4, -0.2) is 13.4 Å². The van der Waals surface area contributed by atoms with E-state index in [2.05, 4.69) is 9.71 Å². The standard InChI is InChI=1S/C11H10N4O2S2/c12-4-8-1-2-11(10(13)3-8)19(16,17)15-6-9-5-14-7-18-9/h1-3,5,7,15H,6,13H2. The number of sulfonamides is 1. The Kier molecular flexibility index (Phi) is 3.80. The molecule has 0 aliphatic rings. The number of nitrogen functional groups attached to an aromatic ring is 1. The minimum absolute atomic E-state index is 0.0315. The van der Waals surface area contributed by atoms with Crippen LogP contribution in [0, 0.1) is 11.3 Å². The highest BCUT2D eigenvalue weighted by molar-refractivity contribution is 7.89. The quantitative estimate of drug-likeness (QED) is 0.820. The van der Waals surface area contributed by atoms with E-state index >= 15 is 0 Å². The van der Waals surface area contributed by atoms with Crippen LogP contribution >= 0.6 is 11.3 Å². The molecule has 0 aliphatic heterocycles. The lowest BCUT2D eigenvalue weighted by Crippen LogP contribution is -2.23. The van der Waals surface area contributed by atoms with Crippen LogP contribution in [0.25, 0.3) is 0 Å². The second kappa shape index (κ2) is 5.36. The largest absolute Gasteiger partial charge is 0.398 e. The van der Waals surface area contributed by atoms with Gasteiger partial charge in [0.15, 0.2) is 0 Å². The molecular weight excluding hydrogens is 284 g/mol. The molecule has 19 heavy (non-hydrogen) atoms. The highest BCUT2D eigenvalue weighted by Crippen LogP contribution is 2.19. The summed E-state index contributed by atoms with van der Waals surface area (Å²) in [6.07, 6.45) is 1.59. The fourth-order valence-corrected chi connectivity index (χ4v) is 3.18. The second-order valence-electron chi connectivity index (χ2n) is 3.66. The normalized spacial score (nSPS) is 11.1. The number of nitrogens with zero attached hydrogens (tertiary/aromatic N) is 2. The maximum Gasteiger partial charge on any atom is 0.242 e. The van der Waals surface area contributed by atoms with E-state index < -0.39 is 10.0 Å². The van der Waals surface area contributed by atoms with Gasteiger partial charge in [0.25, 0.3) is 0 Å². The van der Waals surface area contributed by atoms with E-state index in [-0.39, 0.29) is 17.1 Å². The highest BCUT2D eigenvalue weighted by Gasteiger charge is 2.17. The van der Waals surface area contributed by atoms with Crippen molar-refractivity contribution in [3.05, 3.63) is 40.3 Å². The van der Waals surface area contributed by atoms with Crippen molar-refractivity contribution in [1.29, 1.82) is 5.26 Å². The van der Waals surface area contributed by atoms with E-state index in [1.807, 2.05) is 6.07 Å². The summed E-state index contributed by atoms with van der Waals surface area (Å²) in [5.74, 6) is 0. The average Bonchev–Trinajstić information content (AvgIpc) is 2.89. The molecular formula is C11H10N4O2S2. The maximum atomic E-state index is 12.1. The minimum Gasteiger partial charge on any atom is -0.398 e. The van der Waals surface area contributed by atoms with Crippen LogP contribution < -0.4 is 10.5 Å². The molecule has 0 radical (unpaired) electrons. The summed E-state index contributed by atoms with van der Waals surface area (Å²) in [6.45, 7) is 0.159. The minimum atomic E-state index is -3.70. The van der Waals surface area contributed by atoms with Gasteiger partial charge in [0.1, 0.15) is 4.90 Å². The third-order valence-corrected chi connectivity index (χ3v) is 4.60. The van der Waals surface area contributed by atoms with Gasteiger partial charge in [0, 0.05) is 17.6 Å². The first-order valence-corrected chi connectivity index (χ1v) is 7.56. The number of hydrogen-bond acceptors (Lipinski definition) is 6. The van der Waals surface area contributed by atoms with Crippen LogP contribution in [0.3, 0.4) is 0 Å². The van der Waals surface area contributed by atoms with Crippen molar-refractivity contribution in [2.45, 2.75) is 11.4 Å². The number of nitrogens with two attached hydrogens (primary N) is 1. The fourth-order valence-electron chi connectivity index (χ4n) is 1.44. The molecule has 0 amide bonds. The van der Waals surface area contributed by atoms with Gasteiger partial charge in [-0.05, 0) is 18.2 Å². The van der Waals surface area contributed by atoms with Crippen molar-refractivity contribution in [3.8, 4) is 6.07 Å². The van der Waals surface area contributed by atoms with Gasteiger partial charge in [-0.3, -0.25) is 4.98 Å². The summed E-state index contributed by atoms with van der Waals surface area (Å²) in [4.78, 5) is 4.63. The van der Waals surface area contributed by atoms with E-state index in [1.54, 1.807) is 11.7 Å². The summed E-state index contributed by atoms with van der Waals surface area (Å²) in [6, 6.07) is 5.97. The smallest absolute Gasteiger partial charge is 0.242 e. The van der Waals surface area contributed by atoms with Crippen molar-refractivity contribution < 1.29 is 8.42 Å². The van der Waals surface area contributed by atoms with Crippen LogP contribution in [0.1, 0.15) is 10.4 Å². The molecule has 0 bridgehead atoms. The van der Waals surface area contributed by atoms with Crippen molar-refractivity contribution in [2.24, 2.45) is 0 Å². The predicted octanol–water partition coefficient (Wildman–Crippen LogP) is 1.08. The van der Waals surface area contributed by atoms with Gasteiger partial charge in [-0.1, -0.05) is 0 Å². The van der Waals surface area contributed by atoms with Crippen LogP contribution in [0.2, 0.25) is 0 Å². The molecule has 6 nitrogen and oxygen atoms in total. The van der Waals surface area contributed by atoms with Gasteiger partial charge in [0.05, 0.1) is 22.8 Å². The topological polar surface area (TPSA) is 109 Å². The number of nitriles is 1. The van der Waals surface area contributed by atoms with Crippen LogP contribution in [0.4, 0.5) is 5.69 Å². The molecule has 0 spiro atoms. The molecule has 2 rings (SSSR count).